The van der Waals surface area contributed by atoms with Crippen LogP contribution in [0.5, 0.6) is 0 Å². The number of hydrazine groups is 1. The second-order valence-electron chi connectivity index (χ2n) is 3.59. The van der Waals surface area contributed by atoms with Crippen LogP contribution in [-0.2, 0) is 0 Å². The molecule has 0 bridgehead atoms. The zero-order chi connectivity index (χ0) is 8.81. The molecule has 0 aliphatic heterocycles. The van der Waals surface area contributed by atoms with Gasteiger partial charge < -0.3 is 5.43 Å². The zero-order valence-electron chi connectivity index (χ0n) is 8.08. The lowest BCUT2D eigenvalue weighted by Gasteiger charge is -2.17. The molecule has 0 unspecified atom stereocenters. The van der Waals surface area contributed by atoms with Crippen LogP contribution in [0.25, 0.3) is 0 Å². The lowest BCUT2D eigenvalue weighted by molar-refractivity contribution is 0.364. The first-order valence-electron chi connectivity index (χ1n) is 4.74. The predicted octanol–water partition coefficient (Wildman–Crippen LogP) is 1.41. The monoisotopic (exact) mass is 169 g/mol. The molecule has 0 amide bonds. The molecule has 1 aliphatic carbocycles. The number of rotatable bonds is 3. The molecule has 3 nitrogen and oxygen atoms in total. The molecular weight excluding hydrogens is 150 g/mol. The molecule has 1 saturated carbocycles. The molecule has 0 aromatic carbocycles. The van der Waals surface area contributed by atoms with Crippen LogP contribution in [0.3, 0.4) is 0 Å². The molecular formula is C9H19N3. The Morgan fingerprint density at radius 3 is 2.50 bits per heavy atom. The zero-order valence-corrected chi connectivity index (χ0v) is 8.08. The Kier molecular flexibility index (Phi) is 4.08. The van der Waals surface area contributed by atoms with Gasteiger partial charge in [-0.15, -0.1) is 0 Å². The average Bonchev–Trinajstić information content (AvgIpc) is 2.05. The van der Waals surface area contributed by atoms with Crippen molar-refractivity contribution >= 4 is 6.34 Å². The number of hydrogen-bond acceptors (Lipinski definition) is 2. The van der Waals surface area contributed by atoms with Crippen molar-refractivity contribution in [2.24, 2.45) is 4.99 Å². The van der Waals surface area contributed by atoms with Crippen LogP contribution in [0.15, 0.2) is 4.99 Å². The molecule has 0 aromatic rings. The van der Waals surface area contributed by atoms with Gasteiger partial charge >= 0.3 is 0 Å². The minimum atomic E-state index is 0.575. The largest absolute Gasteiger partial charge is 0.310 e. The smallest absolute Gasteiger partial charge is 0.0971 e. The van der Waals surface area contributed by atoms with Gasteiger partial charge in [-0.1, -0.05) is 19.3 Å². The lowest BCUT2D eigenvalue weighted by atomic mass is 9.96. The van der Waals surface area contributed by atoms with E-state index in [9.17, 15) is 0 Å². The van der Waals surface area contributed by atoms with Crippen molar-refractivity contribution in [1.29, 1.82) is 0 Å². The third-order valence-electron chi connectivity index (χ3n) is 2.18. The maximum absolute atomic E-state index is 4.45. The van der Waals surface area contributed by atoms with Crippen LogP contribution in [0, 0.1) is 0 Å². The Balaban J connectivity index is 2.15. The summed E-state index contributed by atoms with van der Waals surface area (Å²) in [6.45, 7) is 0. The lowest BCUT2D eigenvalue weighted by Crippen LogP contribution is -2.29. The standard InChI is InChI=1S/C9H19N3/c1-12(2)11-8-10-9-6-4-3-5-7-9/h8-9H,3-7H2,1-2H3,(H,10,11). The van der Waals surface area contributed by atoms with Crippen molar-refractivity contribution in [3.05, 3.63) is 0 Å². The van der Waals surface area contributed by atoms with Crippen molar-refractivity contribution in [2.45, 2.75) is 38.1 Å². The van der Waals surface area contributed by atoms with Gasteiger partial charge in [0.15, 0.2) is 0 Å². The van der Waals surface area contributed by atoms with E-state index in [1.54, 1.807) is 0 Å². The van der Waals surface area contributed by atoms with E-state index < -0.39 is 0 Å². The van der Waals surface area contributed by atoms with Gasteiger partial charge in [-0.2, -0.15) is 0 Å². The SMILES string of the molecule is CN(C)NC=NC1CCCCC1. The first-order chi connectivity index (χ1) is 5.79. The Morgan fingerprint density at radius 2 is 1.92 bits per heavy atom. The summed E-state index contributed by atoms with van der Waals surface area (Å²) in [5.74, 6) is 0. The van der Waals surface area contributed by atoms with E-state index >= 15 is 0 Å². The summed E-state index contributed by atoms with van der Waals surface area (Å²) < 4.78 is 0. The summed E-state index contributed by atoms with van der Waals surface area (Å²) in [6.07, 6.45) is 8.45. The van der Waals surface area contributed by atoms with Gasteiger partial charge in [0.25, 0.3) is 0 Å². The maximum atomic E-state index is 4.45. The van der Waals surface area contributed by atoms with Gasteiger partial charge in [-0.25, -0.2) is 5.01 Å². The van der Waals surface area contributed by atoms with E-state index in [0.717, 1.165) is 0 Å². The molecule has 1 rings (SSSR count). The van der Waals surface area contributed by atoms with Gasteiger partial charge in [0.2, 0.25) is 0 Å². The van der Waals surface area contributed by atoms with Gasteiger partial charge in [-0.05, 0) is 12.8 Å². The van der Waals surface area contributed by atoms with Crippen molar-refractivity contribution in [2.75, 3.05) is 14.1 Å². The van der Waals surface area contributed by atoms with Gasteiger partial charge in [0, 0.05) is 14.1 Å². The third-order valence-corrected chi connectivity index (χ3v) is 2.18. The summed E-state index contributed by atoms with van der Waals surface area (Å²) >= 11 is 0. The van der Waals surface area contributed by atoms with Gasteiger partial charge in [0.05, 0.1) is 12.4 Å². The fraction of sp³-hybridized carbons (Fsp3) is 0.889. The van der Waals surface area contributed by atoms with E-state index in [1.165, 1.54) is 32.1 Å². The van der Waals surface area contributed by atoms with Gasteiger partial charge in [0.1, 0.15) is 0 Å². The highest BCUT2D eigenvalue weighted by molar-refractivity contribution is 5.53. The molecule has 1 fully saturated rings. The van der Waals surface area contributed by atoms with E-state index in [-0.39, 0.29) is 0 Å². The summed E-state index contributed by atoms with van der Waals surface area (Å²) in [6, 6.07) is 0.575. The minimum absolute atomic E-state index is 0.575. The molecule has 1 N–H and O–H groups in total. The van der Waals surface area contributed by atoms with E-state index in [2.05, 4.69) is 10.4 Å². The molecule has 0 atom stereocenters. The second kappa shape index (κ2) is 5.14. The Bertz CT molecular complexity index is 137. The van der Waals surface area contributed by atoms with E-state index in [0.29, 0.717) is 6.04 Å². The predicted molar refractivity (Wildman–Crippen MR) is 52.2 cm³/mol. The molecule has 0 heterocycles. The summed E-state index contributed by atoms with van der Waals surface area (Å²) in [5, 5.41) is 1.90. The number of hydrogen-bond donors (Lipinski definition) is 1. The van der Waals surface area contributed by atoms with Crippen LogP contribution in [-0.4, -0.2) is 31.5 Å². The summed E-state index contributed by atoms with van der Waals surface area (Å²) in [5.41, 5.74) is 3.03. The van der Waals surface area contributed by atoms with E-state index in [1.807, 2.05) is 25.4 Å². The fourth-order valence-corrected chi connectivity index (χ4v) is 1.48. The molecule has 3 heteroatoms. The highest BCUT2D eigenvalue weighted by Crippen LogP contribution is 2.19. The van der Waals surface area contributed by atoms with Crippen LogP contribution < -0.4 is 5.43 Å². The number of aliphatic imine (C=N–C) groups is 1. The van der Waals surface area contributed by atoms with E-state index in [4.69, 9.17) is 0 Å². The van der Waals surface area contributed by atoms with Gasteiger partial charge in [-0.3, -0.25) is 4.99 Å². The highest BCUT2D eigenvalue weighted by atomic mass is 15.5. The molecule has 0 saturated heterocycles. The Morgan fingerprint density at radius 1 is 1.25 bits per heavy atom. The first-order valence-corrected chi connectivity index (χ1v) is 4.74. The Hall–Kier alpha value is -0.570. The third kappa shape index (κ3) is 3.72. The minimum Gasteiger partial charge on any atom is -0.310 e. The quantitative estimate of drug-likeness (QED) is 0.393. The molecule has 70 valence electrons. The second-order valence-corrected chi connectivity index (χ2v) is 3.59. The van der Waals surface area contributed by atoms with Crippen molar-refractivity contribution < 1.29 is 0 Å². The topological polar surface area (TPSA) is 27.6 Å². The molecule has 0 aromatic heterocycles. The van der Waals surface area contributed by atoms with Crippen molar-refractivity contribution in [3.63, 3.8) is 0 Å². The molecule has 1 aliphatic rings. The molecule has 12 heavy (non-hydrogen) atoms. The highest BCUT2D eigenvalue weighted by Gasteiger charge is 2.10. The molecule has 0 spiro atoms. The maximum Gasteiger partial charge on any atom is 0.0971 e. The number of nitrogens with zero attached hydrogens (tertiary/aromatic N) is 2. The van der Waals surface area contributed by atoms with Crippen LogP contribution >= 0.6 is 0 Å². The normalized spacial score (nSPS) is 20.6. The van der Waals surface area contributed by atoms with Crippen molar-refractivity contribution in [3.8, 4) is 0 Å². The summed E-state index contributed by atoms with van der Waals surface area (Å²) in [4.78, 5) is 4.45. The number of nitrogens with one attached hydrogen (secondary N) is 1. The molecule has 0 radical (unpaired) electrons. The van der Waals surface area contributed by atoms with Crippen LogP contribution in [0.2, 0.25) is 0 Å². The van der Waals surface area contributed by atoms with Crippen LogP contribution in [0.4, 0.5) is 0 Å². The van der Waals surface area contributed by atoms with Crippen LogP contribution in [0.1, 0.15) is 32.1 Å². The van der Waals surface area contributed by atoms with Crippen molar-refractivity contribution in [1.82, 2.24) is 10.4 Å². The Labute approximate surface area is 74.8 Å². The fourth-order valence-electron chi connectivity index (χ4n) is 1.48. The average molecular weight is 169 g/mol. The summed E-state index contributed by atoms with van der Waals surface area (Å²) in [7, 11) is 3.93. The first kappa shape index (κ1) is 9.52.